The van der Waals surface area contributed by atoms with Crippen molar-refractivity contribution in [2.24, 2.45) is 0 Å². The largest absolute Gasteiger partial charge is 0.497 e. The van der Waals surface area contributed by atoms with Crippen LogP contribution in [-0.4, -0.2) is 38.3 Å². The molecule has 1 aromatic carbocycles. The van der Waals surface area contributed by atoms with Gasteiger partial charge < -0.3 is 9.47 Å². The van der Waals surface area contributed by atoms with Gasteiger partial charge in [0.2, 0.25) is 0 Å². The van der Waals surface area contributed by atoms with E-state index in [1.54, 1.807) is 7.11 Å². The SMILES string of the molecule is CCCN1CCOC(c2cccc(OC)c2)C1. The van der Waals surface area contributed by atoms with Crippen LogP contribution in [0.15, 0.2) is 24.3 Å². The van der Waals surface area contributed by atoms with Crippen LogP contribution < -0.4 is 4.74 Å². The smallest absolute Gasteiger partial charge is 0.119 e. The van der Waals surface area contributed by atoms with E-state index in [1.165, 1.54) is 12.0 Å². The van der Waals surface area contributed by atoms with E-state index in [1.807, 2.05) is 12.1 Å². The minimum absolute atomic E-state index is 0.186. The average molecular weight is 235 g/mol. The first-order valence-corrected chi connectivity index (χ1v) is 6.31. The summed E-state index contributed by atoms with van der Waals surface area (Å²) in [6.45, 7) is 6.23. The van der Waals surface area contributed by atoms with Crippen LogP contribution in [0, 0.1) is 0 Å². The van der Waals surface area contributed by atoms with Crippen molar-refractivity contribution in [3.8, 4) is 5.75 Å². The van der Waals surface area contributed by atoms with Crippen LogP contribution in [0.4, 0.5) is 0 Å². The third kappa shape index (κ3) is 3.20. The van der Waals surface area contributed by atoms with Gasteiger partial charge >= 0.3 is 0 Å². The molecular formula is C14H21NO2. The van der Waals surface area contributed by atoms with Gasteiger partial charge in [0.05, 0.1) is 19.8 Å². The Morgan fingerprint density at radius 1 is 1.47 bits per heavy atom. The quantitative estimate of drug-likeness (QED) is 0.800. The van der Waals surface area contributed by atoms with Crippen LogP contribution in [0.1, 0.15) is 25.0 Å². The predicted octanol–water partition coefficient (Wildman–Crippen LogP) is 2.48. The molecule has 0 amide bonds. The van der Waals surface area contributed by atoms with Crippen LogP contribution in [0.2, 0.25) is 0 Å². The minimum Gasteiger partial charge on any atom is -0.497 e. The molecule has 1 aliphatic heterocycles. The second-order valence-electron chi connectivity index (χ2n) is 4.44. The molecule has 17 heavy (non-hydrogen) atoms. The van der Waals surface area contributed by atoms with Crippen molar-refractivity contribution in [2.75, 3.05) is 33.4 Å². The maximum Gasteiger partial charge on any atom is 0.119 e. The average Bonchev–Trinajstić information content (AvgIpc) is 2.40. The summed E-state index contributed by atoms with van der Waals surface area (Å²) < 4.78 is 11.1. The Balaban J connectivity index is 2.05. The fourth-order valence-corrected chi connectivity index (χ4v) is 2.27. The molecular weight excluding hydrogens is 214 g/mol. The van der Waals surface area contributed by atoms with Crippen LogP contribution in [-0.2, 0) is 4.74 Å². The maximum absolute atomic E-state index is 5.84. The highest BCUT2D eigenvalue weighted by Crippen LogP contribution is 2.25. The highest BCUT2D eigenvalue weighted by atomic mass is 16.5. The summed E-state index contributed by atoms with van der Waals surface area (Å²) in [5, 5.41) is 0. The van der Waals surface area contributed by atoms with Crippen LogP contribution >= 0.6 is 0 Å². The Kier molecular flexibility index (Phi) is 4.40. The predicted molar refractivity (Wildman–Crippen MR) is 68.4 cm³/mol. The maximum atomic E-state index is 5.84. The first kappa shape index (κ1) is 12.4. The Bertz CT molecular complexity index is 352. The highest BCUT2D eigenvalue weighted by Gasteiger charge is 2.21. The van der Waals surface area contributed by atoms with Crippen LogP contribution in [0.25, 0.3) is 0 Å². The first-order chi connectivity index (χ1) is 8.33. The Hall–Kier alpha value is -1.06. The molecule has 1 heterocycles. The van der Waals surface area contributed by atoms with E-state index >= 15 is 0 Å². The molecule has 1 aromatic rings. The molecule has 1 fully saturated rings. The van der Waals surface area contributed by atoms with Gasteiger partial charge in [-0.1, -0.05) is 19.1 Å². The molecule has 0 aliphatic carbocycles. The van der Waals surface area contributed by atoms with Crippen molar-refractivity contribution in [1.29, 1.82) is 0 Å². The number of morpholine rings is 1. The molecule has 1 atom stereocenters. The number of hydrogen-bond acceptors (Lipinski definition) is 3. The van der Waals surface area contributed by atoms with E-state index in [-0.39, 0.29) is 6.10 Å². The lowest BCUT2D eigenvalue weighted by Gasteiger charge is -2.33. The molecule has 0 aromatic heterocycles. The summed E-state index contributed by atoms with van der Waals surface area (Å²) in [6.07, 6.45) is 1.38. The molecule has 0 saturated carbocycles. The van der Waals surface area contributed by atoms with E-state index in [4.69, 9.17) is 9.47 Å². The molecule has 1 saturated heterocycles. The van der Waals surface area contributed by atoms with Gasteiger partial charge in [0.15, 0.2) is 0 Å². The Morgan fingerprint density at radius 2 is 2.35 bits per heavy atom. The van der Waals surface area contributed by atoms with Gasteiger partial charge in [-0.2, -0.15) is 0 Å². The number of methoxy groups -OCH3 is 1. The van der Waals surface area contributed by atoms with Crippen LogP contribution in [0.5, 0.6) is 5.75 Å². The molecule has 0 bridgehead atoms. The van der Waals surface area contributed by atoms with Gasteiger partial charge in [-0.15, -0.1) is 0 Å². The second kappa shape index (κ2) is 6.03. The van der Waals surface area contributed by atoms with Crippen molar-refractivity contribution in [3.63, 3.8) is 0 Å². The van der Waals surface area contributed by atoms with Crippen molar-refractivity contribution < 1.29 is 9.47 Å². The van der Waals surface area contributed by atoms with Gasteiger partial charge in [-0.05, 0) is 30.7 Å². The zero-order valence-electron chi connectivity index (χ0n) is 10.7. The molecule has 94 valence electrons. The fourth-order valence-electron chi connectivity index (χ4n) is 2.27. The second-order valence-corrected chi connectivity index (χ2v) is 4.44. The highest BCUT2D eigenvalue weighted by molar-refractivity contribution is 5.30. The molecule has 2 rings (SSSR count). The molecule has 3 heteroatoms. The summed E-state index contributed by atoms with van der Waals surface area (Å²) in [7, 11) is 1.70. The van der Waals surface area contributed by atoms with Crippen LogP contribution in [0.3, 0.4) is 0 Å². The normalized spacial score (nSPS) is 21.4. The van der Waals surface area contributed by atoms with Crippen molar-refractivity contribution >= 4 is 0 Å². The molecule has 0 radical (unpaired) electrons. The van der Waals surface area contributed by atoms with Gasteiger partial charge in [0, 0.05) is 13.1 Å². The van der Waals surface area contributed by atoms with E-state index in [2.05, 4.69) is 24.0 Å². The molecule has 0 spiro atoms. The molecule has 3 nitrogen and oxygen atoms in total. The fraction of sp³-hybridized carbons (Fsp3) is 0.571. The summed E-state index contributed by atoms with van der Waals surface area (Å²) in [5.41, 5.74) is 1.21. The zero-order chi connectivity index (χ0) is 12.1. The van der Waals surface area contributed by atoms with E-state index in [0.29, 0.717) is 0 Å². The van der Waals surface area contributed by atoms with Crippen molar-refractivity contribution in [1.82, 2.24) is 4.90 Å². The van der Waals surface area contributed by atoms with E-state index in [9.17, 15) is 0 Å². The van der Waals surface area contributed by atoms with E-state index in [0.717, 1.165) is 32.0 Å². The van der Waals surface area contributed by atoms with Crippen molar-refractivity contribution in [3.05, 3.63) is 29.8 Å². The standard InChI is InChI=1S/C14H21NO2/c1-3-7-15-8-9-17-14(11-15)12-5-4-6-13(10-12)16-2/h4-6,10,14H,3,7-9,11H2,1-2H3. The van der Waals surface area contributed by atoms with Gasteiger partial charge in [-0.25, -0.2) is 0 Å². The number of rotatable bonds is 4. The first-order valence-electron chi connectivity index (χ1n) is 6.31. The zero-order valence-corrected chi connectivity index (χ0v) is 10.7. The summed E-state index contributed by atoms with van der Waals surface area (Å²) in [5.74, 6) is 0.902. The summed E-state index contributed by atoms with van der Waals surface area (Å²) in [6, 6.07) is 8.18. The van der Waals surface area contributed by atoms with E-state index < -0.39 is 0 Å². The topological polar surface area (TPSA) is 21.7 Å². The number of nitrogens with zero attached hydrogens (tertiary/aromatic N) is 1. The molecule has 0 N–H and O–H groups in total. The number of benzene rings is 1. The summed E-state index contributed by atoms with van der Waals surface area (Å²) in [4.78, 5) is 2.47. The lowest BCUT2D eigenvalue weighted by atomic mass is 10.1. The van der Waals surface area contributed by atoms with Gasteiger partial charge in [0.25, 0.3) is 0 Å². The summed E-state index contributed by atoms with van der Waals surface area (Å²) >= 11 is 0. The monoisotopic (exact) mass is 235 g/mol. The number of ether oxygens (including phenoxy) is 2. The number of hydrogen-bond donors (Lipinski definition) is 0. The Morgan fingerprint density at radius 3 is 3.12 bits per heavy atom. The third-order valence-corrected chi connectivity index (χ3v) is 3.16. The third-order valence-electron chi connectivity index (χ3n) is 3.16. The molecule has 1 unspecified atom stereocenters. The Labute approximate surface area is 103 Å². The van der Waals surface area contributed by atoms with Gasteiger partial charge in [-0.3, -0.25) is 4.90 Å². The lowest BCUT2D eigenvalue weighted by Crippen LogP contribution is -2.38. The minimum atomic E-state index is 0.186. The molecule has 1 aliphatic rings. The van der Waals surface area contributed by atoms with Crippen molar-refractivity contribution in [2.45, 2.75) is 19.4 Å². The lowest BCUT2D eigenvalue weighted by molar-refractivity contribution is -0.0299. The van der Waals surface area contributed by atoms with Gasteiger partial charge in [0.1, 0.15) is 5.75 Å².